The highest BCUT2D eigenvalue weighted by molar-refractivity contribution is 7.14. The first-order valence-electron chi connectivity index (χ1n) is 8.55. The minimum absolute atomic E-state index is 0.00417. The predicted molar refractivity (Wildman–Crippen MR) is 106 cm³/mol. The Bertz CT molecular complexity index is 956. The summed E-state index contributed by atoms with van der Waals surface area (Å²) in [7, 11) is 1.28. The van der Waals surface area contributed by atoms with E-state index in [1.54, 1.807) is 6.07 Å². The Morgan fingerprint density at radius 3 is 2.48 bits per heavy atom. The third-order valence-electron chi connectivity index (χ3n) is 3.93. The molecular weight excluding hydrogens is 400 g/mol. The molecule has 1 heterocycles. The first-order valence-corrected chi connectivity index (χ1v) is 9.37. The van der Waals surface area contributed by atoms with E-state index in [0.717, 1.165) is 22.9 Å². The minimum atomic E-state index is -0.682. The van der Waals surface area contributed by atoms with E-state index in [9.17, 15) is 24.5 Å². The molecule has 1 aromatic heterocycles. The third kappa shape index (κ3) is 5.51. The maximum absolute atomic E-state index is 12.1. The summed E-state index contributed by atoms with van der Waals surface area (Å²) in [5.74, 6) is -1.78. The van der Waals surface area contributed by atoms with Gasteiger partial charge in [0.1, 0.15) is 0 Å². The molecule has 29 heavy (non-hydrogen) atoms. The number of nitro groups is 1. The third-order valence-corrected chi connectivity index (χ3v) is 5.31. The molecule has 3 amide bonds. The van der Waals surface area contributed by atoms with Gasteiger partial charge in [0.15, 0.2) is 5.75 Å². The molecular formula is C18H20N4O6S. The van der Waals surface area contributed by atoms with Crippen molar-refractivity contribution in [1.29, 1.82) is 0 Å². The van der Waals surface area contributed by atoms with Gasteiger partial charge in [-0.2, -0.15) is 0 Å². The summed E-state index contributed by atoms with van der Waals surface area (Å²) in [6, 6.07) is 5.42. The quantitative estimate of drug-likeness (QED) is 0.460. The SMILES string of the molecule is CCc1sc(C(=O)NNC(=O)CNC(=O)c2ccc(OC)c([N+](=O)[O-])c2)cc1C. The molecule has 11 heteroatoms. The highest BCUT2D eigenvalue weighted by Gasteiger charge is 2.19. The van der Waals surface area contributed by atoms with Crippen molar-refractivity contribution in [2.45, 2.75) is 20.3 Å². The summed E-state index contributed by atoms with van der Waals surface area (Å²) in [5, 5.41) is 13.3. The predicted octanol–water partition coefficient (Wildman–Crippen LogP) is 1.73. The Hall–Kier alpha value is -3.47. The number of ether oxygens (including phenoxy) is 1. The van der Waals surface area contributed by atoms with E-state index in [1.807, 2.05) is 13.8 Å². The molecule has 154 valence electrons. The zero-order valence-electron chi connectivity index (χ0n) is 16.0. The number of rotatable bonds is 7. The standard InChI is InChI=1S/C18H20N4O6S/c1-4-14-10(2)7-15(29-14)18(25)21-20-16(23)9-19-17(24)11-5-6-13(28-3)12(8-11)22(26)27/h5-8H,4,9H2,1-3H3,(H,19,24)(H,20,23)(H,21,25). The monoisotopic (exact) mass is 420 g/mol. The van der Waals surface area contributed by atoms with E-state index in [4.69, 9.17) is 4.74 Å². The molecule has 0 aliphatic heterocycles. The second kappa shape index (κ2) is 9.64. The van der Waals surface area contributed by atoms with Crippen molar-refractivity contribution in [3.05, 3.63) is 55.3 Å². The number of hydrogen-bond acceptors (Lipinski definition) is 7. The van der Waals surface area contributed by atoms with Crippen molar-refractivity contribution in [3.63, 3.8) is 0 Å². The van der Waals surface area contributed by atoms with Crippen LogP contribution in [0.25, 0.3) is 0 Å². The number of benzene rings is 1. The van der Waals surface area contributed by atoms with Gasteiger partial charge in [-0.05, 0) is 37.1 Å². The fourth-order valence-electron chi connectivity index (χ4n) is 2.45. The number of hydrazine groups is 1. The van der Waals surface area contributed by atoms with Crippen molar-refractivity contribution < 1.29 is 24.0 Å². The molecule has 2 rings (SSSR count). The van der Waals surface area contributed by atoms with Crippen LogP contribution < -0.4 is 20.9 Å². The Labute approximate surface area is 170 Å². The first kappa shape index (κ1) is 21.8. The molecule has 1 aromatic carbocycles. The highest BCUT2D eigenvalue weighted by atomic mass is 32.1. The molecule has 3 N–H and O–H groups in total. The molecule has 0 aliphatic carbocycles. The number of methoxy groups -OCH3 is 1. The number of hydrogen-bond donors (Lipinski definition) is 3. The normalized spacial score (nSPS) is 10.2. The van der Waals surface area contributed by atoms with Gasteiger partial charge in [-0.25, -0.2) is 0 Å². The zero-order chi connectivity index (χ0) is 21.6. The summed E-state index contributed by atoms with van der Waals surface area (Å²) < 4.78 is 4.87. The summed E-state index contributed by atoms with van der Waals surface area (Å²) in [6.07, 6.45) is 0.811. The van der Waals surface area contributed by atoms with E-state index in [2.05, 4.69) is 16.2 Å². The van der Waals surface area contributed by atoms with Gasteiger partial charge in [0.25, 0.3) is 17.7 Å². The molecule has 0 spiro atoms. The molecule has 0 aliphatic rings. The van der Waals surface area contributed by atoms with Gasteiger partial charge < -0.3 is 10.1 Å². The van der Waals surface area contributed by atoms with Crippen molar-refractivity contribution >= 4 is 34.7 Å². The topological polar surface area (TPSA) is 140 Å². The van der Waals surface area contributed by atoms with Gasteiger partial charge in [0, 0.05) is 16.5 Å². The summed E-state index contributed by atoms with van der Waals surface area (Å²) in [5.41, 5.74) is 5.13. The number of nitrogens with zero attached hydrogens (tertiary/aromatic N) is 1. The minimum Gasteiger partial charge on any atom is -0.490 e. The lowest BCUT2D eigenvalue weighted by Crippen LogP contribution is -2.46. The number of nitrogens with one attached hydrogen (secondary N) is 3. The van der Waals surface area contributed by atoms with Crippen LogP contribution in [0.3, 0.4) is 0 Å². The van der Waals surface area contributed by atoms with Gasteiger partial charge in [0.2, 0.25) is 0 Å². The van der Waals surface area contributed by atoms with Crippen LogP contribution in [0, 0.1) is 17.0 Å². The lowest BCUT2D eigenvalue weighted by Gasteiger charge is -2.08. The Morgan fingerprint density at radius 2 is 1.90 bits per heavy atom. The largest absolute Gasteiger partial charge is 0.490 e. The summed E-state index contributed by atoms with van der Waals surface area (Å²) in [4.78, 5) is 47.9. The second-order valence-corrected chi connectivity index (χ2v) is 7.04. The van der Waals surface area contributed by atoms with E-state index in [0.29, 0.717) is 4.88 Å². The summed E-state index contributed by atoms with van der Waals surface area (Å²) >= 11 is 1.34. The highest BCUT2D eigenvalue weighted by Crippen LogP contribution is 2.27. The van der Waals surface area contributed by atoms with Crippen LogP contribution in [0.15, 0.2) is 24.3 Å². The van der Waals surface area contributed by atoms with Gasteiger partial charge in [-0.3, -0.25) is 35.3 Å². The Kier molecular flexibility index (Phi) is 7.26. The smallest absolute Gasteiger partial charge is 0.311 e. The number of carbonyl (C=O) groups excluding carboxylic acids is 3. The van der Waals surface area contributed by atoms with Crippen molar-refractivity contribution in [2.24, 2.45) is 0 Å². The van der Waals surface area contributed by atoms with Gasteiger partial charge >= 0.3 is 5.69 Å². The molecule has 10 nitrogen and oxygen atoms in total. The maximum Gasteiger partial charge on any atom is 0.311 e. The average Bonchev–Trinajstić information content (AvgIpc) is 3.10. The van der Waals surface area contributed by atoms with E-state index in [1.165, 1.54) is 30.6 Å². The van der Waals surface area contributed by atoms with Gasteiger partial charge in [-0.15, -0.1) is 11.3 Å². The number of aryl methyl sites for hydroxylation is 2. The zero-order valence-corrected chi connectivity index (χ0v) is 16.8. The van der Waals surface area contributed by atoms with Crippen LogP contribution in [0.5, 0.6) is 5.75 Å². The molecule has 0 atom stereocenters. The fraction of sp³-hybridized carbons (Fsp3) is 0.278. The molecule has 0 radical (unpaired) electrons. The number of amides is 3. The van der Waals surface area contributed by atoms with Crippen LogP contribution in [0.2, 0.25) is 0 Å². The number of nitro benzene ring substituents is 1. The van der Waals surface area contributed by atoms with E-state index in [-0.39, 0.29) is 17.0 Å². The Balaban J connectivity index is 1.88. The van der Waals surface area contributed by atoms with Crippen molar-refractivity contribution in [2.75, 3.05) is 13.7 Å². The molecule has 0 saturated heterocycles. The van der Waals surface area contributed by atoms with Crippen LogP contribution in [0.1, 0.15) is 37.4 Å². The number of carbonyl (C=O) groups is 3. The number of thiophene rings is 1. The van der Waals surface area contributed by atoms with Gasteiger partial charge in [-0.1, -0.05) is 6.92 Å². The van der Waals surface area contributed by atoms with Crippen LogP contribution in [-0.4, -0.2) is 36.3 Å². The lowest BCUT2D eigenvalue weighted by molar-refractivity contribution is -0.385. The van der Waals surface area contributed by atoms with Gasteiger partial charge in [0.05, 0.1) is 23.5 Å². The lowest BCUT2D eigenvalue weighted by atomic mass is 10.1. The first-order chi connectivity index (χ1) is 13.8. The molecule has 0 bridgehead atoms. The molecule has 2 aromatic rings. The van der Waals surface area contributed by atoms with Crippen molar-refractivity contribution in [3.8, 4) is 5.75 Å². The van der Waals surface area contributed by atoms with E-state index < -0.39 is 29.2 Å². The molecule has 0 saturated carbocycles. The molecule has 0 unspecified atom stereocenters. The maximum atomic E-state index is 12.1. The van der Waals surface area contributed by atoms with Crippen LogP contribution in [-0.2, 0) is 11.2 Å². The fourth-order valence-corrected chi connectivity index (χ4v) is 3.46. The second-order valence-electron chi connectivity index (χ2n) is 5.90. The van der Waals surface area contributed by atoms with Crippen LogP contribution >= 0.6 is 11.3 Å². The average molecular weight is 420 g/mol. The van der Waals surface area contributed by atoms with E-state index >= 15 is 0 Å². The summed E-state index contributed by atoms with van der Waals surface area (Å²) in [6.45, 7) is 3.47. The Morgan fingerprint density at radius 1 is 1.17 bits per heavy atom. The molecule has 0 fully saturated rings. The van der Waals surface area contributed by atoms with Crippen LogP contribution in [0.4, 0.5) is 5.69 Å². The van der Waals surface area contributed by atoms with Crippen molar-refractivity contribution in [1.82, 2.24) is 16.2 Å².